The quantitative estimate of drug-likeness (QED) is 0.912. The van der Waals surface area contributed by atoms with E-state index in [0.717, 1.165) is 17.7 Å². The molecular formula is C18H23N3O. The molecule has 1 aromatic carbocycles. The first kappa shape index (κ1) is 14.9. The van der Waals surface area contributed by atoms with Gasteiger partial charge in [-0.1, -0.05) is 18.2 Å². The number of rotatable bonds is 3. The van der Waals surface area contributed by atoms with Gasteiger partial charge in [0.15, 0.2) is 0 Å². The number of fused-ring (bicyclic) bond motifs is 1. The number of nitrogens with zero attached hydrogens (tertiary/aromatic N) is 1. The molecule has 1 atom stereocenters. The lowest BCUT2D eigenvalue weighted by atomic mass is 9.89. The van der Waals surface area contributed by atoms with Gasteiger partial charge in [0, 0.05) is 36.3 Å². The fourth-order valence-electron chi connectivity index (χ4n) is 2.97. The van der Waals surface area contributed by atoms with Crippen LogP contribution in [0, 0.1) is 6.92 Å². The molecule has 2 heterocycles. The minimum atomic E-state index is -0.182. The summed E-state index contributed by atoms with van der Waals surface area (Å²) in [5, 5.41) is 3.61. The Hall–Kier alpha value is -2.07. The molecule has 0 saturated heterocycles. The van der Waals surface area contributed by atoms with Crippen molar-refractivity contribution in [1.29, 1.82) is 0 Å². The summed E-state index contributed by atoms with van der Waals surface area (Å²) < 4.78 is 6.13. The summed E-state index contributed by atoms with van der Waals surface area (Å²) in [5.41, 5.74) is 9.20. The normalized spacial score (nSPS) is 19.3. The average Bonchev–Trinajstić information content (AvgIpc) is 2.44. The molecule has 0 aliphatic carbocycles. The standard InChI is InChI=1S/C18H23N3O/c1-12-6-7-14-15(10-18(2,3)22-16(14)9-12)21-11-13-5-4-8-20-17(13)19/h4-9,15,21H,10-11H2,1-3H3,(H2,19,20). The lowest BCUT2D eigenvalue weighted by molar-refractivity contribution is 0.0656. The van der Waals surface area contributed by atoms with Crippen molar-refractivity contribution in [1.82, 2.24) is 10.3 Å². The fraction of sp³-hybridized carbons (Fsp3) is 0.389. The van der Waals surface area contributed by atoms with Crippen molar-refractivity contribution < 1.29 is 4.74 Å². The van der Waals surface area contributed by atoms with Gasteiger partial charge in [0.25, 0.3) is 0 Å². The fourth-order valence-corrected chi connectivity index (χ4v) is 2.97. The second-order valence-electron chi connectivity index (χ2n) is 6.59. The molecule has 2 aromatic rings. The van der Waals surface area contributed by atoms with Crippen molar-refractivity contribution in [2.24, 2.45) is 0 Å². The molecule has 1 unspecified atom stereocenters. The predicted molar refractivity (Wildman–Crippen MR) is 88.7 cm³/mol. The number of ether oxygens (including phenoxy) is 1. The highest BCUT2D eigenvalue weighted by atomic mass is 16.5. The maximum atomic E-state index is 6.13. The molecule has 1 aromatic heterocycles. The molecule has 3 rings (SSSR count). The third-order valence-electron chi connectivity index (χ3n) is 4.09. The number of hydrogen-bond donors (Lipinski definition) is 2. The first-order chi connectivity index (χ1) is 10.4. The number of aryl methyl sites for hydroxylation is 1. The van der Waals surface area contributed by atoms with E-state index in [4.69, 9.17) is 10.5 Å². The highest BCUT2D eigenvalue weighted by molar-refractivity contribution is 5.42. The van der Waals surface area contributed by atoms with Crippen LogP contribution in [-0.4, -0.2) is 10.6 Å². The van der Waals surface area contributed by atoms with E-state index < -0.39 is 0 Å². The zero-order valence-electron chi connectivity index (χ0n) is 13.4. The maximum Gasteiger partial charge on any atom is 0.127 e. The minimum absolute atomic E-state index is 0.182. The zero-order valence-corrected chi connectivity index (χ0v) is 13.4. The first-order valence-corrected chi connectivity index (χ1v) is 7.67. The first-order valence-electron chi connectivity index (χ1n) is 7.67. The largest absolute Gasteiger partial charge is 0.487 e. The average molecular weight is 297 g/mol. The summed E-state index contributed by atoms with van der Waals surface area (Å²) in [7, 11) is 0. The van der Waals surface area contributed by atoms with Crippen molar-refractivity contribution in [2.75, 3.05) is 5.73 Å². The molecule has 0 fully saturated rings. The van der Waals surface area contributed by atoms with Crippen LogP contribution in [0.3, 0.4) is 0 Å². The third kappa shape index (κ3) is 3.07. The maximum absolute atomic E-state index is 6.13. The molecular weight excluding hydrogens is 274 g/mol. The van der Waals surface area contributed by atoms with Crippen molar-refractivity contribution in [3.8, 4) is 5.75 Å². The van der Waals surface area contributed by atoms with E-state index in [-0.39, 0.29) is 11.6 Å². The van der Waals surface area contributed by atoms with E-state index in [0.29, 0.717) is 12.4 Å². The number of hydrogen-bond acceptors (Lipinski definition) is 4. The molecule has 0 bridgehead atoms. The molecule has 22 heavy (non-hydrogen) atoms. The van der Waals surface area contributed by atoms with Gasteiger partial charge in [-0.05, 0) is 38.5 Å². The number of benzene rings is 1. The summed E-state index contributed by atoms with van der Waals surface area (Å²) >= 11 is 0. The zero-order chi connectivity index (χ0) is 15.7. The van der Waals surface area contributed by atoms with Gasteiger partial charge in [0.2, 0.25) is 0 Å². The van der Waals surface area contributed by atoms with Crippen LogP contribution in [-0.2, 0) is 6.54 Å². The van der Waals surface area contributed by atoms with Crippen LogP contribution in [0.15, 0.2) is 36.5 Å². The monoisotopic (exact) mass is 297 g/mol. The Kier molecular flexibility index (Phi) is 3.79. The van der Waals surface area contributed by atoms with E-state index in [1.165, 1.54) is 11.1 Å². The van der Waals surface area contributed by atoms with Crippen LogP contribution in [0.25, 0.3) is 0 Å². The van der Waals surface area contributed by atoms with Gasteiger partial charge in [-0.2, -0.15) is 0 Å². The topological polar surface area (TPSA) is 60.2 Å². The summed E-state index contributed by atoms with van der Waals surface area (Å²) in [5.74, 6) is 1.57. The molecule has 3 N–H and O–H groups in total. The smallest absolute Gasteiger partial charge is 0.127 e. The Bertz CT molecular complexity index is 682. The second-order valence-corrected chi connectivity index (χ2v) is 6.59. The van der Waals surface area contributed by atoms with Crippen LogP contribution in [0.4, 0.5) is 5.82 Å². The van der Waals surface area contributed by atoms with Crippen LogP contribution in [0.1, 0.15) is 43.0 Å². The van der Waals surface area contributed by atoms with Gasteiger partial charge < -0.3 is 15.8 Å². The second kappa shape index (κ2) is 5.61. The van der Waals surface area contributed by atoms with Crippen LogP contribution in [0.5, 0.6) is 5.75 Å². The van der Waals surface area contributed by atoms with Gasteiger partial charge >= 0.3 is 0 Å². The molecule has 0 amide bonds. The summed E-state index contributed by atoms with van der Waals surface area (Å²) in [6.45, 7) is 7.05. The van der Waals surface area contributed by atoms with E-state index in [9.17, 15) is 0 Å². The lowest BCUT2D eigenvalue weighted by Crippen LogP contribution is -2.39. The van der Waals surface area contributed by atoms with Crippen molar-refractivity contribution in [3.05, 3.63) is 53.2 Å². The molecule has 0 spiro atoms. The summed E-state index contributed by atoms with van der Waals surface area (Å²) in [6.07, 6.45) is 2.64. The Balaban J connectivity index is 1.83. The van der Waals surface area contributed by atoms with Crippen LogP contribution >= 0.6 is 0 Å². The third-order valence-corrected chi connectivity index (χ3v) is 4.09. The highest BCUT2D eigenvalue weighted by Gasteiger charge is 2.33. The van der Waals surface area contributed by atoms with Crippen molar-refractivity contribution in [3.63, 3.8) is 0 Å². The van der Waals surface area contributed by atoms with Gasteiger partial charge in [-0.3, -0.25) is 0 Å². The summed E-state index contributed by atoms with van der Waals surface area (Å²) in [4.78, 5) is 4.14. The molecule has 116 valence electrons. The number of nitrogens with one attached hydrogen (secondary N) is 1. The molecule has 1 aliphatic heterocycles. The Labute approximate surface area is 131 Å². The molecule has 0 saturated carbocycles. The Morgan fingerprint density at radius 1 is 1.36 bits per heavy atom. The van der Waals surface area contributed by atoms with E-state index >= 15 is 0 Å². The number of pyridine rings is 1. The molecule has 0 radical (unpaired) electrons. The Morgan fingerprint density at radius 3 is 2.95 bits per heavy atom. The Morgan fingerprint density at radius 2 is 2.18 bits per heavy atom. The molecule has 1 aliphatic rings. The molecule has 4 nitrogen and oxygen atoms in total. The number of anilines is 1. The number of aromatic nitrogens is 1. The lowest BCUT2D eigenvalue weighted by Gasteiger charge is -2.38. The SMILES string of the molecule is Cc1ccc2c(c1)OC(C)(C)CC2NCc1cccnc1N. The minimum Gasteiger partial charge on any atom is -0.487 e. The summed E-state index contributed by atoms with van der Waals surface area (Å²) in [6, 6.07) is 10.6. The number of nitrogen functional groups attached to an aromatic ring is 1. The van der Waals surface area contributed by atoms with Crippen LogP contribution < -0.4 is 15.8 Å². The van der Waals surface area contributed by atoms with Gasteiger partial charge in [-0.25, -0.2) is 4.98 Å². The van der Waals surface area contributed by atoms with E-state index in [1.807, 2.05) is 12.1 Å². The van der Waals surface area contributed by atoms with E-state index in [2.05, 4.69) is 49.3 Å². The van der Waals surface area contributed by atoms with Crippen molar-refractivity contribution in [2.45, 2.75) is 45.4 Å². The van der Waals surface area contributed by atoms with Gasteiger partial charge in [-0.15, -0.1) is 0 Å². The van der Waals surface area contributed by atoms with Crippen LogP contribution in [0.2, 0.25) is 0 Å². The van der Waals surface area contributed by atoms with Gasteiger partial charge in [0.1, 0.15) is 17.2 Å². The van der Waals surface area contributed by atoms with Gasteiger partial charge in [0.05, 0.1) is 0 Å². The van der Waals surface area contributed by atoms with E-state index in [1.54, 1.807) is 6.20 Å². The number of nitrogens with two attached hydrogens (primary N) is 1. The van der Waals surface area contributed by atoms with Crippen molar-refractivity contribution >= 4 is 5.82 Å². The molecule has 4 heteroatoms. The predicted octanol–water partition coefficient (Wildman–Crippen LogP) is 3.36. The highest BCUT2D eigenvalue weighted by Crippen LogP contribution is 2.40.